The molecule has 4 heteroatoms. The van der Waals surface area contributed by atoms with Crippen molar-refractivity contribution in [3.8, 4) is 0 Å². The van der Waals surface area contributed by atoms with Gasteiger partial charge in [-0.05, 0) is 12.1 Å². The van der Waals surface area contributed by atoms with Gasteiger partial charge >= 0.3 is 0 Å². The van der Waals surface area contributed by atoms with Gasteiger partial charge in [-0.3, -0.25) is 0 Å². The van der Waals surface area contributed by atoms with Gasteiger partial charge in [0.2, 0.25) is 0 Å². The van der Waals surface area contributed by atoms with E-state index >= 15 is 0 Å². The molecule has 2 aromatic rings. The molecule has 0 saturated heterocycles. The molecule has 0 amide bonds. The second-order valence-corrected chi connectivity index (χ2v) is 2.89. The number of rotatable bonds is 2. The lowest BCUT2D eigenvalue weighted by atomic mass is 10.3. The molecule has 2 rings (SSSR count). The summed E-state index contributed by atoms with van der Waals surface area (Å²) in [6.07, 6.45) is 1.23. The van der Waals surface area contributed by atoms with Gasteiger partial charge in [0.1, 0.15) is 6.17 Å². The lowest BCUT2D eigenvalue weighted by Crippen LogP contribution is -2.21. The fourth-order valence-electron chi connectivity index (χ4n) is 1.33. The molecule has 1 atom stereocenters. The van der Waals surface area contributed by atoms with E-state index < -0.39 is 6.17 Å². The average molecular weight is 177 g/mol. The van der Waals surface area contributed by atoms with E-state index in [0.717, 1.165) is 11.0 Å². The zero-order valence-corrected chi connectivity index (χ0v) is 7.09. The Morgan fingerprint density at radius 2 is 2.23 bits per heavy atom. The molecule has 1 aromatic carbocycles. The Kier molecular flexibility index (Phi) is 2.00. The van der Waals surface area contributed by atoms with Gasteiger partial charge in [-0.25, -0.2) is 4.98 Å². The van der Waals surface area contributed by atoms with Gasteiger partial charge in [-0.15, -0.1) is 0 Å². The molecule has 0 radical (unpaired) electrons. The van der Waals surface area contributed by atoms with Crippen LogP contribution in [0.2, 0.25) is 0 Å². The molecule has 3 N–H and O–H groups in total. The Balaban J connectivity index is 2.57. The highest BCUT2D eigenvalue weighted by Gasteiger charge is 2.06. The number of fused-ring (bicyclic) bond motifs is 1. The predicted octanol–water partition coefficient (Wildman–Crippen LogP) is 0.486. The smallest absolute Gasteiger partial charge is 0.106 e. The topological polar surface area (TPSA) is 64.1 Å². The highest BCUT2D eigenvalue weighted by Crippen LogP contribution is 2.14. The Morgan fingerprint density at radius 1 is 1.46 bits per heavy atom. The summed E-state index contributed by atoms with van der Waals surface area (Å²) in [6.45, 7) is -0.0830. The van der Waals surface area contributed by atoms with Gasteiger partial charge in [0.25, 0.3) is 0 Å². The summed E-state index contributed by atoms with van der Waals surface area (Å²) in [5.41, 5.74) is 7.52. The largest absolute Gasteiger partial charge is 0.393 e. The zero-order chi connectivity index (χ0) is 9.26. The number of hydrogen-bond donors (Lipinski definition) is 2. The van der Waals surface area contributed by atoms with Gasteiger partial charge in [0.05, 0.1) is 24.0 Å². The van der Waals surface area contributed by atoms with Crippen LogP contribution in [-0.2, 0) is 0 Å². The summed E-state index contributed by atoms with van der Waals surface area (Å²) >= 11 is 0. The maximum Gasteiger partial charge on any atom is 0.106 e. The van der Waals surface area contributed by atoms with Crippen LogP contribution < -0.4 is 5.73 Å². The molecular weight excluding hydrogens is 166 g/mol. The lowest BCUT2D eigenvalue weighted by molar-refractivity contribution is 0.234. The second kappa shape index (κ2) is 3.16. The van der Waals surface area contributed by atoms with Gasteiger partial charge in [0, 0.05) is 0 Å². The third-order valence-corrected chi connectivity index (χ3v) is 2.03. The van der Waals surface area contributed by atoms with Crippen molar-refractivity contribution >= 4 is 11.0 Å². The molecule has 0 aliphatic rings. The first kappa shape index (κ1) is 8.22. The van der Waals surface area contributed by atoms with Crippen LogP contribution in [0.5, 0.6) is 0 Å². The van der Waals surface area contributed by atoms with Crippen LogP contribution in [0.1, 0.15) is 6.17 Å². The summed E-state index contributed by atoms with van der Waals surface area (Å²) in [6, 6.07) is 7.68. The summed E-state index contributed by atoms with van der Waals surface area (Å²) in [5.74, 6) is 0. The van der Waals surface area contributed by atoms with Gasteiger partial charge < -0.3 is 15.4 Å². The van der Waals surface area contributed by atoms with E-state index in [-0.39, 0.29) is 6.61 Å². The fraction of sp³-hybridized carbons (Fsp3) is 0.222. The first-order valence-corrected chi connectivity index (χ1v) is 4.11. The average Bonchev–Trinajstić information content (AvgIpc) is 2.60. The van der Waals surface area contributed by atoms with E-state index in [2.05, 4.69) is 4.98 Å². The molecule has 1 heterocycles. The molecular formula is C9H11N3O. The van der Waals surface area contributed by atoms with E-state index in [1.54, 1.807) is 10.9 Å². The van der Waals surface area contributed by atoms with E-state index in [9.17, 15) is 0 Å². The van der Waals surface area contributed by atoms with Crippen LogP contribution in [0.3, 0.4) is 0 Å². The number of hydrogen-bond acceptors (Lipinski definition) is 3. The zero-order valence-electron chi connectivity index (χ0n) is 7.09. The highest BCUT2D eigenvalue weighted by molar-refractivity contribution is 5.75. The molecule has 13 heavy (non-hydrogen) atoms. The Bertz CT molecular complexity index is 410. The first-order valence-electron chi connectivity index (χ1n) is 4.11. The Morgan fingerprint density at radius 3 is 3.00 bits per heavy atom. The van der Waals surface area contributed by atoms with E-state index in [1.165, 1.54) is 0 Å². The van der Waals surface area contributed by atoms with Crippen molar-refractivity contribution in [3.63, 3.8) is 0 Å². The summed E-state index contributed by atoms with van der Waals surface area (Å²) in [4.78, 5) is 4.16. The Labute approximate surface area is 75.6 Å². The summed E-state index contributed by atoms with van der Waals surface area (Å²) < 4.78 is 1.76. The third-order valence-electron chi connectivity index (χ3n) is 2.03. The molecule has 0 saturated carbocycles. The number of imidazole rings is 1. The summed E-state index contributed by atoms with van der Waals surface area (Å²) in [7, 11) is 0. The van der Waals surface area contributed by atoms with Crippen molar-refractivity contribution in [1.82, 2.24) is 9.55 Å². The molecule has 0 spiro atoms. The summed E-state index contributed by atoms with van der Waals surface area (Å²) in [5, 5.41) is 8.89. The van der Waals surface area contributed by atoms with E-state index in [0.29, 0.717) is 0 Å². The van der Waals surface area contributed by atoms with Crippen molar-refractivity contribution < 1.29 is 5.11 Å². The van der Waals surface area contributed by atoms with Gasteiger partial charge in [0.15, 0.2) is 0 Å². The maximum absolute atomic E-state index is 8.89. The quantitative estimate of drug-likeness (QED) is 0.701. The fourth-order valence-corrected chi connectivity index (χ4v) is 1.33. The number of nitrogens with zero attached hydrogens (tertiary/aromatic N) is 2. The van der Waals surface area contributed by atoms with Crippen molar-refractivity contribution in [3.05, 3.63) is 30.6 Å². The molecule has 1 unspecified atom stereocenters. The minimum absolute atomic E-state index is 0.0830. The number of para-hydroxylation sites is 2. The van der Waals surface area contributed by atoms with Crippen LogP contribution in [0, 0.1) is 0 Å². The Hall–Kier alpha value is -1.39. The predicted molar refractivity (Wildman–Crippen MR) is 50.0 cm³/mol. The second-order valence-electron chi connectivity index (χ2n) is 2.89. The lowest BCUT2D eigenvalue weighted by Gasteiger charge is -2.10. The standard InChI is InChI=1S/C9H11N3O/c10-9(5-13)12-6-11-7-3-1-2-4-8(7)12/h1-4,6,9,13H,5,10H2. The van der Waals surface area contributed by atoms with Gasteiger partial charge in [-0.1, -0.05) is 12.1 Å². The van der Waals surface area contributed by atoms with Gasteiger partial charge in [-0.2, -0.15) is 0 Å². The molecule has 0 bridgehead atoms. The molecule has 4 nitrogen and oxygen atoms in total. The third kappa shape index (κ3) is 1.30. The number of aromatic nitrogens is 2. The maximum atomic E-state index is 8.89. The van der Waals surface area contributed by atoms with Crippen LogP contribution in [0.25, 0.3) is 11.0 Å². The van der Waals surface area contributed by atoms with Crippen LogP contribution in [-0.4, -0.2) is 21.3 Å². The molecule has 0 aliphatic heterocycles. The number of aliphatic hydroxyl groups is 1. The molecule has 0 fully saturated rings. The SMILES string of the molecule is NC(CO)n1cnc2ccccc21. The highest BCUT2D eigenvalue weighted by atomic mass is 16.3. The van der Waals surface area contributed by atoms with Crippen molar-refractivity contribution in [1.29, 1.82) is 0 Å². The minimum Gasteiger partial charge on any atom is -0.393 e. The monoisotopic (exact) mass is 177 g/mol. The van der Waals surface area contributed by atoms with Crippen molar-refractivity contribution in [2.45, 2.75) is 6.17 Å². The number of benzene rings is 1. The number of aliphatic hydroxyl groups excluding tert-OH is 1. The van der Waals surface area contributed by atoms with Crippen LogP contribution in [0.4, 0.5) is 0 Å². The van der Waals surface area contributed by atoms with Crippen LogP contribution in [0.15, 0.2) is 30.6 Å². The first-order chi connectivity index (χ1) is 6.33. The van der Waals surface area contributed by atoms with E-state index in [1.807, 2.05) is 24.3 Å². The van der Waals surface area contributed by atoms with E-state index in [4.69, 9.17) is 10.8 Å². The molecule has 1 aromatic heterocycles. The van der Waals surface area contributed by atoms with Crippen molar-refractivity contribution in [2.24, 2.45) is 5.73 Å². The molecule has 68 valence electrons. The molecule has 0 aliphatic carbocycles. The minimum atomic E-state index is -0.410. The normalized spacial score (nSPS) is 13.4. The van der Waals surface area contributed by atoms with Crippen LogP contribution >= 0.6 is 0 Å². The van der Waals surface area contributed by atoms with Crippen molar-refractivity contribution in [2.75, 3.05) is 6.61 Å². The number of nitrogens with two attached hydrogens (primary N) is 1.